The Labute approximate surface area is 164 Å². The second-order valence-electron chi connectivity index (χ2n) is 5.93. The van der Waals surface area contributed by atoms with E-state index in [2.05, 4.69) is 9.98 Å². The van der Waals surface area contributed by atoms with Crippen LogP contribution in [0.4, 0.5) is 4.39 Å². The molecule has 2 N–H and O–H groups in total. The number of methoxy groups -OCH3 is 2. The average molecular weight is 399 g/mol. The monoisotopic (exact) mass is 399 g/mol. The third-order valence-corrected chi connectivity index (χ3v) is 4.19. The van der Waals surface area contributed by atoms with E-state index >= 15 is 0 Å². The van der Waals surface area contributed by atoms with Crippen molar-refractivity contribution in [2.24, 2.45) is 4.99 Å². The number of halogens is 1. The van der Waals surface area contributed by atoms with Gasteiger partial charge in [0, 0.05) is 17.8 Å². The van der Waals surface area contributed by atoms with Crippen LogP contribution in [0, 0.1) is 5.82 Å². The van der Waals surface area contributed by atoms with E-state index in [1.54, 1.807) is 30.3 Å². The third kappa shape index (κ3) is 4.03. The second kappa shape index (κ2) is 8.42. The Balaban J connectivity index is 2.08. The van der Waals surface area contributed by atoms with Crippen LogP contribution in [0.2, 0.25) is 0 Å². The number of aliphatic imine (C=N–C) groups is 1. The van der Waals surface area contributed by atoms with Crippen molar-refractivity contribution in [1.82, 2.24) is 9.55 Å². The molecule has 9 heteroatoms. The average Bonchev–Trinajstić information content (AvgIpc) is 2.71. The second-order valence-corrected chi connectivity index (χ2v) is 5.93. The van der Waals surface area contributed by atoms with Crippen molar-refractivity contribution in [3.05, 3.63) is 80.2 Å². The van der Waals surface area contributed by atoms with Gasteiger partial charge in [-0.3, -0.25) is 14.8 Å². The Morgan fingerprint density at radius 3 is 2.62 bits per heavy atom. The number of rotatable bonds is 6. The molecule has 0 radical (unpaired) electrons. The maximum Gasteiger partial charge on any atom is 0.335 e. The van der Waals surface area contributed by atoms with Gasteiger partial charge in [-0.1, -0.05) is 18.2 Å². The number of aromatic amines is 1. The SMILES string of the molecule is COc1ccc(OC)c(-n2c(O)c(C=NCc3ccccc3F)c(=O)[nH]c2=O)c1. The number of aromatic hydroxyl groups is 1. The van der Waals surface area contributed by atoms with E-state index in [1.165, 1.54) is 26.4 Å². The first-order chi connectivity index (χ1) is 14.0. The highest BCUT2D eigenvalue weighted by atomic mass is 19.1. The van der Waals surface area contributed by atoms with Gasteiger partial charge in [-0.05, 0) is 18.2 Å². The van der Waals surface area contributed by atoms with Crippen molar-refractivity contribution < 1.29 is 19.0 Å². The zero-order valence-corrected chi connectivity index (χ0v) is 15.7. The van der Waals surface area contributed by atoms with Gasteiger partial charge in [0.15, 0.2) is 0 Å². The number of aromatic nitrogens is 2. The minimum Gasteiger partial charge on any atom is -0.497 e. The molecule has 0 aliphatic rings. The van der Waals surface area contributed by atoms with Gasteiger partial charge < -0.3 is 14.6 Å². The molecule has 3 rings (SSSR count). The number of benzene rings is 2. The Morgan fingerprint density at radius 1 is 1.17 bits per heavy atom. The Hall–Kier alpha value is -3.88. The van der Waals surface area contributed by atoms with Crippen LogP contribution >= 0.6 is 0 Å². The molecule has 0 aliphatic carbocycles. The zero-order valence-electron chi connectivity index (χ0n) is 15.7. The summed E-state index contributed by atoms with van der Waals surface area (Å²) in [5.41, 5.74) is -1.48. The lowest BCUT2D eigenvalue weighted by atomic mass is 10.2. The van der Waals surface area contributed by atoms with Crippen molar-refractivity contribution >= 4 is 6.21 Å². The fourth-order valence-corrected chi connectivity index (χ4v) is 2.71. The molecule has 0 spiro atoms. The van der Waals surface area contributed by atoms with Crippen molar-refractivity contribution in [2.75, 3.05) is 14.2 Å². The number of H-pyrrole nitrogens is 1. The highest BCUT2D eigenvalue weighted by Crippen LogP contribution is 2.29. The molecule has 1 heterocycles. The number of ether oxygens (including phenoxy) is 2. The summed E-state index contributed by atoms with van der Waals surface area (Å²) in [7, 11) is 2.84. The predicted octanol–water partition coefficient (Wildman–Crippen LogP) is 2.01. The summed E-state index contributed by atoms with van der Waals surface area (Å²) >= 11 is 0. The van der Waals surface area contributed by atoms with Gasteiger partial charge in [-0.25, -0.2) is 13.8 Å². The van der Waals surface area contributed by atoms with E-state index in [0.29, 0.717) is 11.3 Å². The van der Waals surface area contributed by atoms with Crippen LogP contribution in [-0.2, 0) is 6.54 Å². The maximum absolute atomic E-state index is 13.7. The van der Waals surface area contributed by atoms with Gasteiger partial charge in [0.2, 0.25) is 5.88 Å². The van der Waals surface area contributed by atoms with Crippen LogP contribution in [0.1, 0.15) is 11.1 Å². The van der Waals surface area contributed by atoms with Crippen molar-refractivity contribution in [1.29, 1.82) is 0 Å². The maximum atomic E-state index is 13.7. The third-order valence-electron chi connectivity index (χ3n) is 4.19. The first-order valence-electron chi connectivity index (χ1n) is 8.50. The van der Waals surface area contributed by atoms with Crippen LogP contribution < -0.4 is 20.7 Å². The van der Waals surface area contributed by atoms with Gasteiger partial charge >= 0.3 is 5.69 Å². The fraction of sp³-hybridized carbons (Fsp3) is 0.150. The molecule has 0 unspecified atom stereocenters. The van der Waals surface area contributed by atoms with Gasteiger partial charge in [-0.2, -0.15) is 0 Å². The molecule has 8 nitrogen and oxygen atoms in total. The lowest BCUT2D eigenvalue weighted by molar-refractivity contribution is 0.393. The van der Waals surface area contributed by atoms with Crippen LogP contribution in [0.25, 0.3) is 5.69 Å². The molecule has 3 aromatic rings. The Kier molecular flexibility index (Phi) is 5.77. The molecule has 29 heavy (non-hydrogen) atoms. The lowest BCUT2D eigenvalue weighted by Gasteiger charge is -2.14. The minimum atomic E-state index is -0.870. The van der Waals surface area contributed by atoms with E-state index in [4.69, 9.17) is 9.47 Å². The standard InChI is InChI=1S/C20H18FN3O5/c1-28-13-7-8-17(29-2)16(9-13)24-19(26)14(18(25)23-20(24)27)11-22-10-12-5-3-4-6-15(12)21/h3-9,11,26H,10H2,1-2H3,(H,23,25,27). The summed E-state index contributed by atoms with van der Waals surface area (Å²) < 4.78 is 25.0. The highest BCUT2D eigenvalue weighted by molar-refractivity contribution is 5.82. The normalized spacial score (nSPS) is 11.0. The fourth-order valence-electron chi connectivity index (χ4n) is 2.71. The summed E-state index contributed by atoms with van der Waals surface area (Å²) in [6.45, 7) is -0.0485. The van der Waals surface area contributed by atoms with E-state index in [1.807, 2.05) is 0 Å². The molecular formula is C20H18FN3O5. The lowest BCUT2D eigenvalue weighted by Crippen LogP contribution is -2.31. The number of hydrogen-bond donors (Lipinski definition) is 2. The first kappa shape index (κ1) is 19.9. The molecular weight excluding hydrogens is 381 g/mol. The largest absolute Gasteiger partial charge is 0.497 e. The first-order valence-corrected chi connectivity index (χ1v) is 8.50. The van der Waals surface area contributed by atoms with Gasteiger partial charge in [0.25, 0.3) is 5.56 Å². The van der Waals surface area contributed by atoms with Gasteiger partial charge in [-0.15, -0.1) is 0 Å². The number of nitrogens with zero attached hydrogens (tertiary/aromatic N) is 2. The molecule has 0 fully saturated rings. The van der Waals surface area contributed by atoms with Gasteiger partial charge in [0.1, 0.15) is 22.9 Å². The molecule has 0 amide bonds. The molecule has 2 aromatic carbocycles. The van der Waals surface area contributed by atoms with E-state index in [9.17, 15) is 19.1 Å². The zero-order chi connectivity index (χ0) is 21.0. The number of hydrogen-bond acceptors (Lipinski definition) is 6. The molecule has 0 bridgehead atoms. The summed E-state index contributed by atoms with van der Waals surface area (Å²) in [6, 6.07) is 10.7. The molecule has 0 saturated carbocycles. The van der Waals surface area contributed by atoms with Gasteiger partial charge in [0.05, 0.1) is 26.5 Å². The molecule has 1 aromatic heterocycles. The quantitative estimate of drug-likeness (QED) is 0.617. The summed E-state index contributed by atoms with van der Waals surface area (Å²) in [5, 5.41) is 10.6. The smallest absolute Gasteiger partial charge is 0.335 e. The molecule has 0 atom stereocenters. The van der Waals surface area contributed by atoms with E-state index in [0.717, 1.165) is 10.8 Å². The van der Waals surface area contributed by atoms with Crippen molar-refractivity contribution in [3.8, 4) is 23.1 Å². The topological polar surface area (TPSA) is 106 Å². The van der Waals surface area contributed by atoms with E-state index < -0.39 is 22.9 Å². The number of nitrogens with one attached hydrogen (secondary N) is 1. The predicted molar refractivity (Wildman–Crippen MR) is 105 cm³/mol. The highest BCUT2D eigenvalue weighted by Gasteiger charge is 2.18. The summed E-state index contributed by atoms with van der Waals surface area (Å²) in [4.78, 5) is 30.7. The van der Waals surface area contributed by atoms with Crippen LogP contribution in [0.15, 0.2) is 57.0 Å². The molecule has 0 saturated heterocycles. The Morgan fingerprint density at radius 2 is 1.93 bits per heavy atom. The summed E-state index contributed by atoms with van der Waals surface area (Å²) in [6.07, 6.45) is 1.09. The Bertz CT molecular complexity index is 1180. The van der Waals surface area contributed by atoms with Crippen molar-refractivity contribution in [2.45, 2.75) is 6.54 Å². The molecule has 150 valence electrons. The van der Waals surface area contributed by atoms with Crippen LogP contribution in [-0.4, -0.2) is 35.1 Å². The van der Waals surface area contributed by atoms with Crippen LogP contribution in [0.3, 0.4) is 0 Å². The van der Waals surface area contributed by atoms with Crippen LogP contribution in [0.5, 0.6) is 17.4 Å². The van der Waals surface area contributed by atoms with Crippen molar-refractivity contribution in [3.63, 3.8) is 0 Å². The summed E-state index contributed by atoms with van der Waals surface area (Å²) in [5.74, 6) is -0.394. The minimum absolute atomic E-state index is 0.0485. The molecule has 0 aliphatic heterocycles. The van der Waals surface area contributed by atoms with E-state index in [-0.39, 0.29) is 23.5 Å².